The summed E-state index contributed by atoms with van der Waals surface area (Å²) in [5.74, 6) is 1.37. The number of nitrogens with two attached hydrogens (primary N) is 1. The number of fused-ring (bicyclic) bond motifs is 6. The van der Waals surface area contributed by atoms with Gasteiger partial charge in [-0.2, -0.15) is 0 Å². The number of nitrogen functional groups attached to an aromatic ring is 1. The lowest BCUT2D eigenvalue weighted by atomic mass is 9.92. The van der Waals surface area contributed by atoms with Gasteiger partial charge < -0.3 is 5.73 Å². The second-order valence-electron chi connectivity index (χ2n) is 5.55. The van der Waals surface area contributed by atoms with Crippen LogP contribution in [-0.2, 0) is 0 Å². The molecule has 2 unspecified atom stereocenters. The van der Waals surface area contributed by atoms with E-state index >= 15 is 0 Å². The normalized spacial score (nSPS) is 25.5. The molecule has 2 N–H and O–H groups in total. The van der Waals surface area contributed by atoms with Crippen molar-refractivity contribution in [1.29, 1.82) is 0 Å². The van der Waals surface area contributed by atoms with Gasteiger partial charge in [0, 0.05) is 28.2 Å². The van der Waals surface area contributed by atoms with Crippen LogP contribution in [0.4, 0.5) is 5.69 Å². The molecule has 1 fully saturated rings. The number of rotatable bonds is 0. The summed E-state index contributed by atoms with van der Waals surface area (Å²) in [6.45, 7) is 2.11. The Hall–Kier alpha value is -1.57. The molecule has 0 saturated heterocycles. The Balaban J connectivity index is 2.10. The first kappa shape index (κ1) is 9.46. The van der Waals surface area contributed by atoms with E-state index in [1.165, 1.54) is 36.1 Å². The molecule has 1 aromatic heterocycles. The van der Waals surface area contributed by atoms with Gasteiger partial charge in [-0.1, -0.05) is 12.1 Å². The van der Waals surface area contributed by atoms with Gasteiger partial charge in [0.2, 0.25) is 0 Å². The van der Waals surface area contributed by atoms with E-state index in [4.69, 9.17) is 10.7 Å². The van der Waals surface area contributed by atoms with Gasteiger partial charge in [-0.05, 0) is 43.7 Å². The van der Waals surface area contributed by atoms with Crippen LogP contribution in [0.2, 0.25) is 0 Å². The number of hydrogen-bond donors (Lipinski definition) is 1. The number of aryl methyl sites for hydroxylation is 1. The van der Waals surface area contributed by atoms with Crippen molar-refractivity contribution < 1.29 is 0 Å². The van der Waals surface area contributed by atoms with Crippen LogP contribution in [0.25, 0.3) is 10.9 Å². The highest BCUT2D eigenvalue weighted by atomic mass is 14.8. The molecule has 2 aliphatic carbocycles. The maximum absolute atomic E-state index is 6.37. The quantitative estimate of drug-likeness (QED) is 0.744. The van der Waals surface area contributed by atoms with Crippen LogP contribution in [0.3, 0.4) is 0 Å². The summed E-state index contributed by atoms with van der Waals surface area (Å²) in [6.07, 6.45) is 3.89. The molecular weight excluding hydrogens is 208 g/mol. The van der Waals surface area contributed by atoms with Gasteiger partial charge in [0.25, 0.3) is 0 Å². The second kappa shape index (κ2) is 3.00. The fourth-order valence-electron chi connectivity index (χ4n) is 3.67. The smallest absolute Gasteiger partial charge is 0.0728 e. The molecule has 0 aliphatic heterocycles. The largest absolute Gasteiger partial charge is 0.398 e. The summed E-state index contributed by atoms with van der Waals surface area (Å²) in [4.78, 5) is 4.88. The standard InChI is InChI=1S/C15H16N2/c1-8-2-5-11-12(6-8)17-15-10-4-3-9(7-10)13(15)14(11)16/h2,5-6,9-10H,3-4,7H2,1H3,(H2,16,17). The molecule has 2 heteroatoms. The molecule has 0 radical (unpaired) electrons. The van der Waals surface area contributed by atoms with Crippen molar-refractivity contribution in [3.05, 3.63) is 35.0 Å². The molecule has 1 aromatic carbocycles. The van der Waals surface area contributed by atoms with E-state index in [9.17, 15) is 0 Å². The number of anilines is 1. The van der Waals surface area contributed by atoms with Crippen molar-refractivity contribution in [2.75, 3.05) is 5.73 Å². The number of pyridine rings is 1. The third kappa shape index (κ3) is 1.13. The van der Waals surface area contributed by atoms with Crippen LogP contribution in [0.5, 0.6) is 0 Å². The topological polar surface area (TPSA) is 38.9 Å². The monoisotopic (exact) mass is 224 g/mol. The summed E-state index contributed by atoms with van der Waals surface area (Å²) < 4.78 is 0. The summed E-state index contributed by atoms with van der Waals surface area (Å²) in [5.41, 5.74) is 12.4. The molecule has 1 saturated carbocycles. The van der Waals surface area contributed by atoms with Gasteiger partial charge in [0.05, 0.1) is 5.52 Å². The van der Waals surface area contributed by atoms with E-state index in [1.807, 2.05) is 0 Å². The minimum absolute atomic E-state index is 0.683. The zero-order chi connectivity index (χ0) is 11.6. The Morgan fingerprint density at radius 2 is 2.06 bits per heavy atom. The van der Waals surface area contributed by atoms with Crippen LogP contribution >= 0.6 is 0 Å². The van der Waals surface area contributed by atoms with E-state index in [-0.39, 0.29) is 0 Å². The molecule has 86 valence electrons. The van der Waals surface area contributed by atoms with Crippen molar-refractivity contribution in [3.63, 3.8) is 0 Å². The lowest BCUT2D eigenvalue weighted by Crippen LogP contribution is -2.06. The predicted octanol–water partition coefficient (Wildman–Crippen LogP) is 3.49. The third-order valence-corrected chi connectivity index (χ3v) is 4.48. The first-order chi connectivity index (χ1) is 8.24. The van der Waals surface area contributed by atoms with E-state index in [1.54, 1.807) is 0 Å². The highest BCUT2D eigenvalue weighted by Crippen LogP contribution is 2.55. The first-order valence-electron chi connectivity index (χ1n) is 6.43. The van der Waals surface area contributed by atoms with Crippen LogP contribution in [0.15, 0.2) is 18.2 Å². The lowest BCUT2D eigenvalue weighted by molar-refractivity contribution is 0.702. The highest BCUT2D eigenvalue weighted by Gasteiger charge is 2.39. The molecule has 2 aromatic rings. The number of aromatic nitrogens is 1. The minimum Gasteiger partial charge on any atom is -0.398 e. The van der Waals surface area contributed by atoms with Crippen LogP contribution < -0.4 is 5.73 Å². The minimum atomic E-state index is 0.683. The Labute approximate surface area is 101 Å². The van der Waals surface area contributed by atoms with Crippen LogP contribution in [0.1, 0.15) is 47.9 Å². The zero-order valence-corrected chi connectivity index (χ0v) is 10.0. The van der Waals surface area contributed by atoms with Crippen molar-refractivity contribution in [3.8, 4) is 0 Å². The van der Waals surface area contributed by atoms with Crippen molar-refractivity contribution in [2.45, 2.75) is 38.0 Å². The average Bonchev–Trinajstić information content (AvgIpc) is 2.89. The summed E-state index contributed by atoms with van der Waals surface area (Å²) in [6, 6.07) is 6.40. The number of hydrogen-bond acceptors (Lipinski definition) is 2. The average molecular weight is 224 g/mol. The summed E-state index contributed by atoms with van der Waals surface area (Å²) >= 11 is 0. The van der Waals surface area contributed by atoms with E-state index < -0.39 is 0 Å². The van der Waals surface area contributed by atoms with Crippen molar-refractivity contribution in [2.24, 2.45) is 0 Å². The fraction of sp³-hybridized carbons (Fsp3) is 0.400. The van der Waals surface area contributed by atoms with Crippen LogP contribution in [0, 0.1) is 6.92 Å². The van der Waals surface area contributed by atoms with Crippen LogP contribution in [-0.4, -0.2) is 4.98 Å². The maximum Gasteiger partial charge on any atom is 0.0728 e. The number of benzene rings is 1. The van der Waals surface area contributed by atoms with Gasteiger partial charge in [0.15, 0.2) is 0 Å². The number of nitrogens with zero attached hydrogens (tertiary/aromatic N) is 1. The van der Waals surface area contributed by atoms with E-state index in [2.05, 4.69) is 25.1 Å². The second-order valence-corrected chi connectivity index (χ2v) is 5.55. The van der Waals surface area contributed by atoms with E-state index in [0.717, 1.165) is 16.6 Å². The summed E-state index contributed by atoms with van der Waals surface area (Å²) in [5, 5.41) is 1.14. The molecule has 2 nitrogen and oxygen atoms in total. The molecule has 17 heavy (non-hydrogen) atoms. The van der Waals surface area contributed by atoms with Gasteiger partial charge in [-0.25, -0.2) is 0 Å². The molecule has 2 atom stereocenters. The predicted molar refractivity (Wildman–Crippen MR) is 70.2 cm³/mol. The Kier molecular flexibility index (Phi) is 1.67. The lowest BCUT2D eigenvalue weighted by Gasteiger charge is -2.18. The molecule has 0 amide bonds. The molecule has 2 aliphatic rings. The highest BCUT2D eigenvalue weighted by molar-refractivity contribution is 5.93. The first-order valence-corrected chi connectivity index (χ1v) is 6.43. The fourth-order valence-corrected chi connectivity index (χ4v) is 3.67. The van der Waals surface area contributed by atoms with E-state index in [0.29, 0.717) is 11.8 Å². The van der Waals surface area contributed by atoms with Crippen molar-refractivity contribution >= 4 is 16.6 Å². The van der Waals surface area contributed by atoms with Gasteiger partial charge in [0.1, 0.15) is 0 Å². The maximum atomic E-state index is 6.37. The van der Waals surface area contributed by atoms with Gasteiger partial charge in [-0.15, -0.1) is 0 Å². The summed E-state index contributed by atoms with van der Waals surface area (Å²) in [7, 11) is 0. The molecule has 4 rings (SSSR count). The Morgan fingerprint density at radius 1 is 1.24 bits per heavy atom. The zero-order valence-electron chi connectivity index (χ0n) is 10.0. The van der Waals surface area contributed by atoms with Gasteiger partial charge in [-0.3, -0.25) is 4.98 Å². The Bertz CT molecular complexity index is 630. The molecule has 2 bridgehead atoms. The Morgan fingerprint density at radius 3 is 2.94 bits per heavy atom. The molecule has 1 heterocycles. The molecule has 0 spiro atoms. The van der Waals surface area contributed by atoms with Crippen molar-refractivity contribution in [1.82, 2.24) is 4.98 Å². The van der Waals surface area contributed by atoms with Gasteiger partial charge >= 0.3 is 0 Å². The SMILES string of the molecule is Cc1ccc2c(N)c3c(nc2c1)C1CCC3C1. The third-order valence-electron chi connectivity index (χ3n) is 4.48. The molecular formula is C15H16N2.